The van der Waals surface area contributed by atoms with Crippen molar-refractivity contribution < 1.29 is 9.63 Å². The normalized spacial score (nSPS) is 18.9. The summed E-state index contributed by atoms with van der Waals surface area (Å²) in [6, 6.07) is 0. The Labute approximate surface area is 91.9 Å². The van der Waals surface area contributed by atoms with Crippen LogP contribution in [0.4, 0.5) is 0 Å². The van der Waals surface area contributed by atoms with Gasteiger partial charge in [0.2, 0.25) is 6.41 Å². The average Bonchev–Trinajstić information content (AvgIpc) is 2.16. The zero-order valence-electron chi connectivity index (χ0n) is 9.95. The topological polar surface area (TPSA) is 41.6 Å². The van der Waals surface area contributed by atoms with Gasteiger partial charge in [0.05, 0.1) is 12.1 Å². The molecule has 4 heteroatoms. The van der Waals surface area contributed by atoms with Gasteiger partial charge >= 0.3 is 0 Å². The molecule has 1 aliphatic rings. The van der Waals surface area contributed by atoms with Crippen LogP contribution in [0, 0.1) is 5.92 Å². The van der Waals surface area contributed by atoms with Crippen LogP contribution in [-0.2, 0) is 9.63 Å². The fourth-order valence-corrected chi connectivity index (χ4v) is 1.77. The zero-order valence-corrected chi connectivity index (χ0v) is 9.95. The Morgan fingerprint density at radius 2 is 2.00 bits per heavy atom. The molecule has 0 unspecified atom stereocenters. The number of hydrogen-bond donors (Lipinski definition) is 1. The Morgan fingerprint density at radius 1 is 1.40 bits per heavy atom. The van der Waals surface area contributed by atoms with Crippen molar-refractivity contribution in [1.82, 2.24) is 10.4 Å². The van der Waals surface area contributed by atoms with E-state index >= 15 is 0 Å². The smallest absolute Gasteiger partial charge is 0.233 e. The van der Waals surface area contributed by atoms with Crippen LogP contribution in [0.25, 0.3) is 0 Å². The van der Waals surface area contributed by atoms with Crippen LogP contribution in [-0.4, -0.2) is 36.7 Å². The van der Waals surface area contributed by atoms with Gasteiger partial charge < -0.3 is 5.32 Å². The number of hydrogen-bond acceptors (Lipinski definition) is 3. The molecule has 0 aromatic rings. The fourth-order valence-electron chi connectivity index (χ4n) is 1.77. The minimum Gasteiger partial charge on any atom is -0.317 e. The Kier molecular flexibility index (Phi) is 4.54. The largest absolute Gasteiger partial charge is 0.317 e. The van der Waals surface area contributed by atoms with Crippen molar-refractivity contribution in [3.8, 4) is 0 Å². The average molecular weight is 214 g/mol. The van der Waals surface area contributed by atoms with E-state index in [-0.39, 0.29) is 5.60 Å². The summed E-state index contributed by atoms with van der Waals surface area (Å²) in [7, 11) is 0. The lowest BCUT2D eigenvalue weighted by molar-refractivity contribution is -0.220. The lowest BCUT2D eigenvalue weighted by Gasteiger charge is -2.31. The van der Waals surface area contributed by atoms with Gasteiger partial charge in [0.25, 0.3) is 0 Å². The molecule has 0 bridgehead atoms. The number of hydroxylamine groups is 2. The third kappa shape index (κ3) is 5.14. The van der Waals surface area contributed by atoms with E-state index in [1.165, 1.54) is 5.06 Å². The molecule has 0 aromatic carbocycles. The third-order valence-corrected chi connectivity index (χ3v) is 2.41. The van der Waals surface area contributed by atoms with Crippen molar-refractivity contribution in [3.63, 3.8) is 0 Å². The van der Waals surface area contributed by atoms with E-state index in [2.05, 4.69) is 5.32 Å². The van der Waals surface area contributed by atoms with Crippen LogP contribution in [0.2, 0.25) is 0 Å². The van der Waals surface area contributed by atoms with Gasteiger partial charge in [-0.2, -0.15) is 0 Å². The summed E-state index contributed by atoms with van der Waals surface area (Å²) in [6.45, 7) is 8.66. The number of amides is 1. The summed E-state index contributed by atoms with van der Waals surface area (Å²) in [5.74, 6) is 0.568. The molecule has 1 heterocycles. The van der Waals surface area contributed by atoms with Crippen molar-refractivity contribution in [2.75, 3.05) is 19.6 Å². The van der Waals surface area contributed by atoms with E-state index in [1.807, 2.05) is 20.8 Å². The van der Waals surface area contributed by atoms with Crippen LogP contribution in [0.1, 0.15) is 33.6 Å². The highest BCUT2D eigenvalue weighted by molar-refractivity contribution is 5.45. The zero-order chi connectivity index (χ0) is 11.3. The summed E-state index contributed by atoms with van der Waals surface area (Å²) in [5.41, 5.74) is -0.298. The summed E-state index contributed by atoms with van der Waals surface area (Å²) in [4.78, 5) is 16.4. The monoisotopic (exact) mass is 214 g/mol. The third-order valence-electron chi connectivity index (χ3n) is 2.41. The van der Waals surface area contributed by atoms with Gasteiger partial charge in [-0.25, -0.2) is 5.06 Å². The van der Waals surface area contributed by atoms with Gasteiger partial charge in [-0.15, -0.1) is 0 Å². The van der Waals surface area contributed by atoms with Crippen LogP contribution in [0.15, 0.2) is 0 Å². The molecule has 1 N–H and O–H groups in total. The second-order valence-electron chi connectivity index (χ2n) is 5.10. The van der Waals surface area contributed by atoms with E-state index < -0.39 is 0 Å². The summed E-state index contributed by atoms with van der Waals surface area (Å²) >= 11 is 0. The molecule has 4 nitrogen and oxygen atoms in total. The number of carbonyl (C=O) groups excluding carboxylic acids is 1. The van der Waals surface area contributed by atoms with Crippen LogP contribution >= 0.6 is 0 Å². The van der Waals surface area contributed by atoms with Crippen LogP contribution in [0.5, 0.6) is 0 Å². The van der Waals surface area contributed by atoms with Gasteiger partial charge in [0.1, 0.15) is 0 Å². The predicted octanol–water partition coefficient (Wildman–Crippen LogP) is 1.17. The molecule has 0 saturated carbocycles. The van der Waals surface area contributed by atoms with Gasteiger partial charge in [0.15, 0.2) is 0 Å². The molecule has 15 heavy (non-hydrogen) atoms. The molecule has 0 spiro atoms. The van der Waals surface area contributed by atoms with Gasteiger partial charge in [-0.05, 0) is 52.6 Å². The van der Waals surface area contributed by atoms with Crippen molar-refractivity contribution in [2.45, 2.75) is 39.2 Å². The Balaban J connectivity index is 2.35. The number of rotatable bonds is 4. The van der Waals surface area contributed by atoms with E-state index in [9.17, 15) is 4.79 Å². The molecule has 1 fully saturated rings. The second kappa shape index (κ2) is 5.47. The van der Waals surface area contributed by atoms with Crippen molar-refractivity contribution in [2.24, 2.45) is 5.92 Å². The van der Waals surface area contributed by atoms with E-state index in [4.69, 9.17) is 4.84 Å². The molecule has 88 valence electrons. The summed E-state index contributed by atoms with van der Waals surface area (Å²) in [6.07, 6.45) is 3.03. The van der Waals surface area contributed by atoms with Crippen LogP contribution < -0.4 is 5.32 Å². The lowest BCUT2D eigenvalue weighted by atomic mass is 9.98. The maximum absolute atomic E-state index is 10.8. The van der Waals surface area contributed by atoms with Gasteiger partial charge in [-0.3, -0.25) is 9.63 Å². The van der Waals surface area contributed by atoms with Crippen LogP contribution in [0.3, 0.4) is 0 Å². The maximum Gasteiger partial charge on any atom is 0.233 e. The maximum atomic E-state index is 10.8. The first kappa shape index (κ1) is 12.5. The highest BCUT2D eigenvalue weighted by atomic mass is 16.7. The van der Waals surface area contributed by atoms with E-state index in [0.29, 0.717) is 12.5 Å². The second-order valence-corrected chi connectivity index (χ2v) is 5.10. The molecule has 0 atom stereocenters. The molecule has 1 aliphatic heterocycles. The molecule has 1 amide bonds. The lowest BCUT2D eigenvalue weighted by Crippen LogP contribution is -2.39. The fraction of sp³-hybridized carbons (Fsp3) is 0.909. The number of nitrogens with one attached hydrogen (secondary N) is 1. The Hall–Kier alpha value is -0.610. The highest BCUT2D eigenvalue weighted by Gasteiger charge is 2.20. The molecule has 0 radical (unpaired) electrons. The van der Waals surface area contributed by atoms with Gasteiger partial charge in [-0.1, -0.05) is 0 Å². The summed E-state index contributed by atoms with van der Waals surface area (Å²) < 4.78 is 0. The Bertz CT molecular complexity index is 195. The van der Waals surface area contributed by atoms with Gasteiger partial charge in [0, 0.05) is 0 Å². The standard InChI is InChI=1S/C11H22N2O2/c1-11(2,3)15-13(9-14)8-10-4-6-12-7-5-10/h9-10,12H,4-8H2,1-3H3. The molecular formula is C11H22N2O2. The number of piperidine rings is 1. The molecule has 1 saturated heterocycles. The minimum atomic E-state index is -0.298. The summed E-state index contributed by atoms with van der Waals surface area (Å²) in [5, 5.41) is 4.75. The molecule has 1 rings (SSSR count). The minimum absolute atomic E-state index is 0.298. The predicted molar refractivity (Wildman–Crippen MR) is 59.2 cm³/mol. The SMILES string of the molecule is CC(C)(C)ON(C=O)CC1CCNCC1. The van der Waals surface area contributed by atoms with Crippen molar-refractivity contribution in [1.29, 1.82) is 0 Å². The van der Waals surface area contributed by atoms with E-state index in [0.717, 1.165) is 32.3 Å². The first-order valence-corrected chi connectivity index (χ1v) is 5.63. The quantitative estimate of drug-likeness (QED) is 0.564. The van der Waals surface area contributed by atoms with Crippen molar-refractivity contribution in [3.05, 3.63) is 0 Å². The molecule has 0 aliphatic carbocycles. The number of nitrogens with zero attached hydrogens (tertiary/aromatic N) is 1. The molecular weight excluding hydrogens is 192 g/mol. The first-order valence-electron chi connectivity index (χ1n) is 5.63. The van der Waals surface area contributed by atoms with E-state index in [1.54, 1.807) is 0 Å². The first-order chi connectivity index (χ1) is 7.01. The number of carbonyl (C=O) groups is 1. The molecule has 0 aromatic heterocycles. The Morgan fingerprint density at radius 3 is 2.47 bits per heavy atom. The van der Waals surface area contributed by atoms with Crippen molar-refractivity contribution >= 4 is 6.41 Å². The highest BCUT2D eigenvalue weighted by Crippen LogP contribution is 2.16.